The average molecular weight is 464 g/mol. The summed E-state index contributed by atoms with van der Waals surface area (Å²) < 4.78 is 5.36. The molecule has 0 unspecified atom stereocenters. The number of rotatable bonds is 5. The minimum atomic E-state index is -0.555. The highest BCUT2D eigenvalue weighted by molar-refractivity contribution is 8.18. The van der Waals surface area contributed by atoms with E-state index >= 15 is 0 Å². The molecular formula is C25H18ClNO4S. The van der Waals surface area contributed by atoms with Crippen molar-refractivity contribution >= 4 is 46.6 Å². The first kappa shape index (κ1) is 21.9. The topological polar surface area (TPSA) is 63.7 Å². The predicted octanol–water partition coefficient (Wildman–Crippen LogP) is 6.10. The van der Waals surface area contributed by atoms with Crippen LogP contribution in [0.2, 0.25) is 5.02 Å². The monoisotopic (exact) mass is 463 g/mol. The molecule has 1 fully saturated rings. The highest BCUT2D eigenvalue weighted by atomic mass is 35.5. The van der Waals surface area contributed by atoms with Crippen molar-refractivity contribution in [1.29, 1.82) is 0 Å². The number of aryl methyl sites for hydroxylation is 1. The van der Waals surface area contributed by atoms with Crippen molar-refractivity contribution in [1.82, 2.24) is 4.90 Å². The smallest absolute Gasteiger partial charge is 0.345 e. The number of ether oxygens (including phenoxy) is 1. The Morgan fingerprint density at radius 2 is 1.69 bits per heavy atom. The van der Waals surface area contributed by atoms with Crippen LogP contribution < -0.4 is 4.74 Å². The van der Waals surface area contributed by atoms with Crippen LogP contribution in [0.4, 0.5) is 4.79 Å². The van der Waals surface area contributed by atoms with Crippen LogP contribution in [0.1, 0.15) is 27.0 Å². The van der Waals surface area contributed by atoms with Gasteiger partial charge in [0, 0.05) is 0 Å². The number of halogens is 1. The normalized spacial score (nSPS) is 14.8. The molecule has 4 rings (SSSR count). The molecule has 1 aliphatic rings. The maximum Gasteiger partial charge on any atom is 0.345 e. The molecule has 0 aromatic heterocycles. The Balaban J connectivity index is 1.45. The van der Waals surface area contributed by atoms with Crippen LogP contribution >= 0.6 is 23.4 Å². The second kappa shape index (κ2) is 9.42. The van der Waals surface area contributed by atoms with Crippen LogP contribution in [-0.4, -0.2) is 22.0 Å². The minimum absolute atomic E-state index is 0.242. The summed E-state index contributed by atoms with van der Waals surface area (Å²) in [6, 6.07) is 21.0. The van der Waals surface area contributed by atoms with Gasteiger partial charge in [-0.25, -0.2) is 4.79 Å². The third-order valence-corrected chi connectivity index (χ3v) is 6.18. The summed E-state index contributed by atoms with van der Waals surface area (Å²) in [5.41, 5.74) is 2.95. The second-order valence-electron chi connectivity index (χ2n) is 7.13. The summed E-state index contributed by atoms with van der Waals surface area (Å²) in [6.45, 7) is 2.19. The summed E-state index contributed by atoms with van der Waals surface area (Å²) in [6.07, 6.45) is 1.66. The van der Waals surface area contributed by atoms with Gasteiger partial charge >= 0.3 is 5.97 Å². The van der Waals surface area contributed by atoms with Crippen molar-refractivity contribution in [3.63, 3.8) is 0 Å². The van der Waals surface area contributed by atoms with E-state index in [1.807, 2.05) is 31.2 Å². The summed E-state index contributed by atoms with van der Waals surface area (Å²) >= 11 is 6.94. The van der Waals surface area contributed by atoms with Crippen molar-refractivity contribution in [2.45, 2.75) is 13.5 Å². The lowest BCUT2D eigenvalue weighted by Gasteiger charge is -2.14. The van der Waals surface area contributed by atoms with Crippen molar-refractivity contribution in [3.8, 4) is 5.75 Å². The SMILES string of the molecule is Cc1ccccc1CN1C(=O)S/C(=C\c2ccc(OC(=O)c3ccccc3Cl)cc2)C1=O. The maximum absolute atomic E-state index is 12.8. The number of nitrogens with zero attached hydrogens (tertiary/aromatic N) is 1. The van der Waals surface area contributed by atoms with Crippen LogP contribution in [0.15, 0.2) is 77.7 Å². The van der Waals surface area contributed by atoms with Gasteiger partial charge in [0.1, 0.15) is 5.75 Å². The number of hydrogen-bond acceptors (Lipinski definition) is 5. The van der Waals surface area contributed by atoms with Crippen LogP contribution in [0.5, 0.6) is 5.75 Å². The van der Waals surface area contributed by atoms with Gasteiger partial charge in [0.15, 0.2) is 0 Å². The van der Waals surface area contributed by atoms with Gasteiger partial charge < -0.3 is 4.74 Å². The lowest BCUT2D eigenvalue weighted by molar-refractivity contribution is -0.123. The third-order valence-electron chi connectivity index (χ3n) is 4.95. The van der Waals surface area contributed by atoms with Crippen molar-refractivity contribution in [3.05, 3.63) is 105 Å². The molecule has 0 N–H and O–H groups in total. The number of amides is 2. The van der Waals surface area contributed by atoms with Crippen LogP contribution in [0, 0.1) is 6.92 Å². The van der Waals surface area contributed by atoms with Gasteiger partial charge in [-0.3, -0.25) is 14.5 Å². The third kappa shape index (κ3) is 4.77. The molecule has 3 aromatic rings. The van der Waals surface area contributed by atoms with E-state index in [-0.39, 0.29) is 23.3 Å². The van der Waals surface area contributed by atoms with Gasteiger partial charge in [-0.1, -0.05) is 60.1 Å². The zero-order chi connectivity index (χ0) is 22.7. The summed E-state index contributed by atoms with van der Waals surface area (Å²) in [5.74, 6) is -0.530. The van der Waals surface area contributed by atoms with Gasteiger partial charge in [0.25, 0.3) is 11.1 Å². The van der Waals surface area contributed by atoms with Gasteiger partial charge in [-0.15, -0.1) is 0 Å². The van der Waals surface area contributed by atoms with Crippen molar-refractivity contribution in [2.24, 2.45) is 0 Å². The van der Waals surface area contributed by atoms with E-state index < -0.39 is 5.97 Å². The lowest BCUT2D eigenvalue weighted by atomic mass is 10.1. The molecule has 0 bridgehead atoms. The van der Waals surface area contributed by atoms with E-state index in [2.05, 4.69) is 0 Å². The molecule has 2 amide bonds. The van der Waals surface area contributed by atoms with Gasteiger partial charge in [0.05, 0.1) is 22.0 Å². The lowest BCUT2D eigenvalue weighted by Crippen LogP contribution is -2.27. The van der Waals surface area contributed by atoms with Crippen LogP contribution in [0.3, 0.4) is 0 Å². The first-order chi connectivity index (χ1) is 15.4. The maximum atomic E-state index is 12.8. The Bertz CT molecular complexity index is 1240. The highest BCUT2D eigenvalue weighted by Crippen LogP contribution is 2.34. The van der Waals surface area contributed by atoms with Crippen LogP contribution in [-0.2, 0) is 11.3 Å². The molecule has 5 nitrogen and oxygen atoms in total. The van der Waals surface area contributed by atoms with Gasteiger partial charge in [-0.2, -0.15) is 0 Å². The number of imide groups is 1. The van der Waals surface area contributed by atoms with E-state index in [1.165, 1.54) is 4.90 Å². The van der Waals surface area contributed by atoms with E-state index in [0.717, 1.165) is 22.9 Å². The first-order valence-electron chi connectivity index (χ1n) is 9.79. The Kier molecular flexibility index (Phi) is 6.44. The fourth-order valence-electron chi connectivity index (χ4n) is 3.17. The first-order valence-corrected chi connectivity index (χ1v) is 11.0. The number of carbonyl (C=O) groups excluding carboxylic acids is 3. The van der Waals surface area contributed by atoms with Crippen molar-refractivity contribution < 1.29 is 19.1 Å². The summed E-state index contributed by atoms with van der Waals surface area (Å²) in [4.78, 5) is 39.0. The molecule has 7 heteroatoms. The number of carbonyl (C=O) groups is 3. The molecule has 0 atom stereocenters. The zero-order valence-corrected chi connectivity index (χ0v) is 18.7. The number of thioether (sulfide) groups is 1. The Morgan fingerprint density at radius 3 is 2.41 bits per heavy atom. The molecule has 0 saturated carbocycles. The van der Waals surface area contributed by atoms with E-state index in [1.54, 1.807) is 54.6 Å². The molecule has 1 heterocycles. The largest absolute Gasteiger partial charge is 0.423 e. The highest BCUT2D eigenvalue weighted by Gasteiger charge is 2.35. The summed E-state index contributed by atoms with van der Waals surface area (Å²) in [7, 11) is 0. The molecule has 1 saturated heterocycles. The molecule has 160 valence electrons. The number of benzene rings is 3. The van der Waals surface area contributed by atoms with Gasteiger partial charge in [-0.05, 0) is 65.7 Å². The molecule has 0 radical (unpaired) electrons. The zero-order valence-electron chi connectivity index (χ0n) is 17.1. The average Bonchev–Trinajstić information content (AvgIpc) is 3.04. The predicted molar refractivity (Wildman–Crippen MR) is 126 cm³/mol. The van der Waals surface area contributed by atoms with Crippen molar-refractivity contribution in [2.75, 3.05) is 0 Å². The Labute approximate surface area is 194 Å². The fraction of sp³-hybridized carbons (Fsp3) is 0.0800. The quantitative estimate of drug-likeness (QED) is 0.260. The Hall–Kier alpha value is -3.35. The molecule has 0 spiro atoms. The van der Waals surface area contributed by atoms with E-state index in [0.29, 0.717) is 21.2 Å². The molecule has 32 heavy (non-hydrogen) atoms. The molecule has 3 aromatic carbocycles. The molecular weight excluding hydrogens is 446 g/mol. The molecule has 1 aliphatic heterocycles. The number of hydrogen-bond donors (Lipinski definition) is 0. The summed E-state index contributed by atoms with van der Waals surface area (Å²) in [5, 5.41) is 0.0188. The fourth-order valence-corrected chi connectivity index (χ4v) is 4.22. The van der Waals surface area contributed by atoms with E-state index in [9.17, 15) is 14.4 Å². The van der Waals surface area contributed by atoms with Gasteiger partial charge in [0.2, 0.25) is 0 Å². The Morgan fingerprint density at radius 1 is 1.00 bits per heavy atom. The number of esters is 1. The van der Waals surface area contributed by atoms with E-state index in [4.69, 9.17) is 16.3 Å². The standard InChI is InChI=1S/C25H18ClNO4S/c1-16-6-2-3-7-18(16)15-27-23(28)22(32-25(27)30)14-17-10-12-19(13-11-17)31-24(29)20-8-4-5-9-21(20)26/h2-14H,15H2,1H3/b22-14-. The van der Waals surface area contributed by atoms with Crippen LogP contribution in [0.25, 0.3) is 6.08 Å². The second-order valence-corrected chi connectivity index (χ2v) is 8.53. The minimum Gasteiger partial charge on any atom is -0.423 e. The molecule has 0 aliphatic carbocycles.